The van der Waals surface area contributed by atoms with Crippen LogP contribution < -0.4 is 11.1 Å². The number of alkyl carbamates (subject to hydrolysis) is 1. The van der Waals surface area contributed by atoms with Crippen LogP contribution in [0.4, 0.5) is 4.79 Å². The van der Waals surface area contributed by atoms with Gasteiger partial charge in [0.2, 0.25) is 5.91 Å². The average Bonchev–Trinajstić information content (AvgIpc) is 2.92. The Morgan fingerprint density at radius 3 is 1.80 bits per heavy atom. The summed E-state index contributed by atoms with van der Waals surface area (Å²) in [6, 6.07) is 7.75. The summed E-state index contributed by atoms with van der Waals surface area (Å²) in [5.41, 5.74) is 6.36. The van der Waals surface area contributed by atoms with Crippen LogP contribution in [0.25, 0.3) is 0 Å². The third-order valence-electron chi connectivity index (χ3n) is 6.02. The summed E-state index contributed by atoms with van der Waals surface area (Å²) in [5, 5.41) is 2.80. The van der Waals surface area contributed by atoms with E-state index in [1.54, 1.807) is 20.8 Å². The second-order valence-electron chi connectivity index (χ2n) is 12.7. The Hall–Kier alpha value is -2.77. The van der Waals surface area contributed by atoms with E-state index in [4.69, 9.17) is 38.9 Å². The van der Waals surface area contributed by atoms with Gasteiger partial charge in [0.15, 0.2) is 0 Å². The van der Waals surface area contributed by atoms with Gasteiger partial charge in [-0.15, -0.1) is 0 Å². The van der Waals surface area contributed by atoms with Gasteiger partial charge >= 0.3 is 12.1 Å². The lowest BCUT2D eigenvalue weighted by molar-refractivity contribution is -0.160. The molecule has 2 amide bonds. The Balaban J connectivity index is 2.15. The number of primary amides is 1. The van der Waals surface area contributed by atoms with E-state index in [9.17, 15) is 14.4 Å². The van der Waals surface area contributed by atoms with Crippen molar-refractivity contribution in [1.82, 2.24) is 5.32 Å². The first-order valence-electron chi connectivity index (χ1n) is 15.6. The van der Waals surface area contributed by atoms with Crippen LogP contribution in [0.3, 0.4) is 0 Å². The third-order valence-corrected chi connectivity index (χ3v) is 6.02. The molecule has 2 unspecified atom stereocenters. The lowest BCUT2D eigenvalue weighted by Crippen LogP contribution is -2.45. The Morgan fingerprint density at radius 2 is 1.27 bits per heavy atom. The van der Waals surface area contributed by atoms with E-state index in [0.717, 1.165) is 18.4 Å². The van der Waals surface area contributed by atoms with Crippen molar-refractivity contribution in [3.8, 4) is 0 Å². The fourth-order valence-corrected chi connectivity index (χ4v) is 3.89. The van der Waals surface area contributed by atoms with Gasteiger partial charge < -0.3 is 44.2 Å². The van der Waals surface area contributed by atoms with E-state index in [-0.39, 0.29) is 19.1 Å². The molecule has 1 aromatic carbocycles. The van der Waals surface area contributed by atoms with E-state index in [1.807, 2.05) is 39.8 Å². The summed E-state index contributed by atoms with van der Waals surface area (Å²) >= 11 is 0. The molecule has 0 aromatic heterocycles. The molecule has 0 heterocycles. The molecule has 258 valence electrons. The molecular formula is C33H56N2O10. The molecule has 0 fully saturated rings. The van der Waals surface area contributed by atoms with Gasteiger partial charge in [-0.1, -0.05) is 24.3 Å². The summed E-state index contributed by atoms with van der Waals surface area (Å²) in [6.07, 6.45) is 1.34. The molecule has 0 bridgehead atoms. The largest absolute Gasteiger partial charge is 0.458 e. The minimum atomic E-state index is -0.633. The second-order valence-corrected chi connectivity index (χ2v) is 12.7. The van der Waals surface area contributed by atoms with Crippen molar-refractivity contribution in [3.63, 3.8) is 0 Å². The van der Waals surface area contributed by atoms with Crippen LogP contribution >= 0.6 is 0 Å². The van der Waals surface area contributed by atoms with Crippen LogP contribution in [-0.4, -0.2) is 94.2 Å². The lowest BCUT2D eigenvalue weighted by Gasteiger charge is -2.27. The van der Waals surface area contributed by atoms with Crippen LogP contribution in [0.1, 0.15) is 78.9 Å². The van der Waals surface area contributed by atoms with Crippen molar-refractivity contribution in [3.05, 3.63) is 35.4 Å². The van der Waals surface area contributed by atoms with Gasteiger partial charge in [0, 0.05) is 13.0 Å². The van der Waals surface area contributed by atoms with Crippen molar-refractivity contribution in [2.24, 2.45) is 5.73 Å². The smallest absolute Gasteiger partial charge is 0.407 e. The molecule has 12 heteroatoms. The lowest BCUT2D eigenvalue weighted by atomic mass is 10.1. The van der Waals surface area contributed by atoms with Crippen LogP contribution in [-0.2, 0) is 55.8 Å². The zero-order valence-electron chi connectivity index (χ0n) is 28.3. The zero-order chi connectivity index (χ0) is 33.7. The number of carbonyl (C=O) groups excluding carboxylic acids is 3. The maximum Gasteiger partial charge on any atom is 0.407 e. The first kappa shape index (κ1) is 40.3. The molecule has 3 N–H and O–H groups in total. The number of nitrogens with two attached hydrogens (primary N) is 1. The van der Waals surface area contributed by atoms with E-state index >= 15 is 0 Å². The minimum Gasteiger partial charge on any atom is -0.458 e. The fraction of sp³-hybridized carbons (Fsp3) is 0.727. The number of hydrogen-bond donors (Lipinski definition) is 2. The Bertz CT molecular complexity index is 973. The number of nitrogens with one attached hydrogen (secondary N) is 1. The molecule has 0 spiro atoms. The Morgan fingerprint density at radius 1 is 0.756 bits per heavy atom. The normalized spacial score (nSPS) is 13.2. The van der Waals surface area contributed by atoms with Gasteiger partial charge in [0.05, 0.1) is 58.4 Å². The highest BCUT2D eigenvalue weighted by Crippen LogP contribution is 2.14. The van der Waals surface area contributed by atoms with Crippen LogP contribution in [0, 0.1) is 0 Å². The highest BCUT2D eigenvalue weighted by Gasteiger charge is 2.24. The quantitative estimate of drug-likeness (QED) is 0.132. The topological polar surface area (TPSA) is 154 Å². The molecule has 0 radical (unpaired) electrons. The molecule has 0 aliphatic carbocycles. The highest BCUT2D eigenvalue weighted by atomic mass is 16.6. The number of hydrogen-bond acceptors (Lipinski definition) is 10. The maximum atomic E-state index is 12.3. The highest BCUT2D eigenvalue weighted by molar-refractivity contribution is 5.74. The van der Waals surface area contributed by atoms with Crippen LogP contribution in [0.2, 0.25) is 0 Å². The monoisotopic (exact) mass is 640 g/mol. The molecular weight excluding hydrogens is 584 g/mol. The molecule has 45 heavy (non-hydrogen) atoms. The van der Waals surface area contributed by atoms with Gasteiger partial charge in [0.25, 0.3) is 0 Å². The maximum absolute atomic E-state index is 12.3. The minimum absolute atomic E-state index is 0.0891. The molecule has 12 nitrogen and oxygen atoms in total. The van der Waals surface area contributed by atoms with E-state index in [1.165, 1.54) is 5.56 Å². The van der Waals surface area contributed by atoms with Crippen LogP contribution in [0.15, 0.2) is 24.3 Å². The van der Waals surface area contributed by atoms with Crippen LogP contribution in [0.5, 0.6) is 0 Å². The molecule has 0 saturated carbocycles. The number of rotatable bonds is 23. The van der Waals surface area contributed by atoms with Gasteiger partial charge in [-0.2, -0.15) is 0 Å². The van der Waals surface area contributed by atoms with Gasteiger partial charge in [-0.25, -0.2) is 9.59 Å². The SMILES string of the molecule is CC(OCc1ccc(CCCOCCOCCOCCOCC(=O)OC(C)(C)C)cc1)C(CCC(N)=O)NC(=O)OC(C)(C)C. The number of benzene rings is 1. The number of esters is 1. The predicted octanol–water partition coefficient (Wildman–Crippen LogP) is 4.09. The summed E-state index contributed by atoms with van der Waals surface area (Å²) in [7, 11) is 0. The fourth-order valence-electron chi connectivity index (χ4n) is 3.89. The van der Waals surface area contributed by atoms with Crippen molar-refractivity contribution >= 4 is 18.0 Å². The number of carbonyl (C=O) groups is 3. The first-order valence-corrected chi connectivity index (χ1v) is 15.6. The van der Waals surface area contributed by atoms with Crippen molar-refractivity contribution < 1.29 is 47.5 Å². The summed E-state index contributed by atoms with van der Waals surface area (Å²) in [5.74, 6) is -0.829. The molecule has 0 aliphatic heterocycles. The second kappa shape index (κ2) is 21.9. The summed E-state index contributed by atoms with van der Waals surface area (Å²) in [6.45, 7) is 16.1. The summed E-state index contributed by atoms with van der Waals surface area (Å²) < 4.78 is 38.3. The van der Waals surface area contributed by atoms with Crippen molar-refractivity contribution in [2.75, 3.05) is 52.9 Å². The van der Waals surface area contributed by atoms with E-state index in [2.05, 4.69) is 17.4 Å². The molecule has 0 aliphatic rings. The molecule has 1 aromatic rings. The van der Waals surface area contributed by atoms with Crippen molar-refractivity contribution in [1.29, 1.82) is 0 Å². The first-order chi connectivity index (χ1) is 21.1. The van der Waals surface area contributed by atoms with Crippen molar-refractivity contribution in [2.45, 2.75) is 104 Å². The number of aryl methyl sites for hydroxylation is 1. The van der Waals surface area contributed by atoms with E-state index < -0.39 is 35.2 Å². The van der Waals surface area contributed by atoms with Gasteiger partial charge in [-0.3, -0.25) is 4.79 Å². The molecule has 2 atom stereocenters. The standard InChI is InChI=1S/C33H56N2O10/c1-25(28(14-15-29(34)36)35-31(38)45-33(5,6)7)43-23-27-12-10-26(11-13-27)9-8-16-39-17-18-40-19-20-41-21-22-42-24-30(37)44-32(2,3)4/h10-13,25,28H,8-9,14-24H2,1-7H3,(H2,34,36)(H,35,38). The van der Waals surface area contributed by atoms with Gasteiger partial charge in [0.1, 0.15) is 17.8 Å². The van der Waals surface area contributed by atoms with Gasteiger partial charge in [-0.05, 0) is 78.9 Å². The molecule has 0 saturated heterocycles. The molecule has 1 rings (SSSR count). The third kappa shape index (κ3) is 23.3. The zero-order valence-corrected chi connectivity index (χ0v) is 28.3. The Kier molecular flexibility index (Phi) is 19.6. The predicted molar refractivity (Wildman–Crippen MR) is 170 cm³/mol. The average molecular weight is 641 g/mol. The number of amides is 2. The Labute approximate surface area is 268 Å². The van der Waals surface area contributed by atoms with E-state index in [0.29, 0.717) is 59.3 Å². The number of ether oxygens (including phenoxy) is 7. The summed E-state index contributed by atoms with van der Waals surface area (Å²) in [4.78, 5) is 35.1.